The number of nitrogen functional groups attached to an aromatic ring is 1. The average molecular weight is 307 g/mol. The van der Waals surface area contributed by atoms with Crippen LogP contribution in [0.2, 0.25) is 0 Å². The zero-order valence-corrected chi connectivity index (χ0v) is 12.0. The number of anilines is 1. The molecule has 0 aliphatic heterocycles. The summed E-state index contributed by atoms with van der Waals surface area (Å²) in [7, 11) is -3.73. The van der Waals surface area contributed by atoms with Crippen molar-refractivity contribution in [2.75, 3.05) is 5.73 Å². The van der Waals surface area contributed by atoms with Crippen LogP contribution in [0.4, 0.5) is 5.69 Å². The van der Waals surface area contributed by atoms with Crippen molar-refractivity contribution < 1.29 is 12.8 Å². The molecule has 8 nitrogen and oxygen atoms in total. The van der Waals surface area contributed by atoms with Gasteiger partial charge in [0.1, 0.15) is 23.4 Å². The molecule has 0 unspecified atom stereocenters. The molecule has 0 saturated carbocycles. The van der Waals surface area contributed by atoms with Crippen molar-refractivity contribution in [2.45, 2.75) is 24.4 Å². The maximum atomic E-state index is 12.4. The largest absolute Gasteiger partial charge is 0.428 e. The Labute approximate surface area is 120 Å². The Bertz CT molecular complexity index is 897. The zero-order valence-electron chi connectivity index (χ0n) is 11.2. The van der Waals surface area contributed by atoms with Crippen molar-refractivity contribution in [1.82, 2.24) is 19.7 Å². The summed E-state index contributed by atoms with van der Waals surface area (Å²) in [5.74, 6) is 0.0302. The highest BCUT2D eigenvalue weighted by Gasteiger charge is 2.25. The Morgan fingerprint density at radius 2 is 2.19 bits per heavy atom. The maximum Gasteiger partial charge on any atom is 0.316 e. The van der Waals surface area contributed by atoms with E-state index in [2.05, 4.69) is 15.1 Å². The highest BCUT2D eigenvalue weighted by atomic mass is 32.2. The van der Waals surface area contributed by atoms with Crippen molar-refractivity contribution in [1.29, 1.82) is 0 Å². The predicted molar refractivity (Wildman–Crippen MR) is 75.0 cm³/mol. The summed E-state index contributed by atoms with van der Waals surface area (Å²) in [6.07, 6.45) is 1.32. The lowest BCUT2D eigenvalue weighted by atomic mass is 10.3. The topological polar surface area (TPSA) is 117 Å². The lowest BCUT2D eigenvalue weighted by molar-refractivity contribution is 0.457. The molecule has 0 atom stereocenters. The first-order valence-electron chi connectivity index (χ1n) is 6.25. The number of nitrogens with zero attached hydrogens (tertiary/aromatic N) is 4. The van der Waals surface area contributed by atoms with Crippen molar-refractivity contribution in [3.63, 3.8) is 0 Å². The molecule has 0 radical (unpaired) electrons. The third-order valence-corrected chi connectivity index (χ3v) is 4.32. The molecule has 3 rings (SSSR count). The second-order valence-electron chi connectivity index (χ2n) is 4.46. The van der Waals surface area contributed by atoms with Gasteiger partial charge in [-0.15, -0.1) is 0 Å². The standard InChI is InChI=1S/C12H13N5O3S/c1-2-17-11(14-7-15-17)6-21(18,19)12-16-9-4-3-8(13)5-10(9)20-12/h3-5,7H,2,6,13H2,1H3. The molecule has 2 heterocycles. The van der Waals surface area contributed by atoms with E-state index in [1.54, 1.807) is 12.1 Å². The van der Waals surface area contributed by atoms with E-state index >= 15 is 0 Å². The van der Waals surface area contributed by atoms with Crippen LogP contribution in [-0.2, 0) is 22.1 Å². The molecule has 0 aliphatic rings. The first-order chi connectivity index (χ1) is 9.99. The highest BCUT2D eigenvalue weighted by Crippen LogP contribution is 2.23. The smallest absolute Gasteiger partial charge is 0.316 e. The van der Waals surface area contributed by atoms with Gasteiger partial charge in [-0.25, -0.2) is 18.1 Å². The summed E-state index contributed by atoms with van der Waals surface area (Å²) < 4.78 is 31.5. The van der Waals surface area contributed by atoms with Gasteiger partial charge in [-0.2, -0.15) is 10.1 Å². The monoisotopic (exact) mass is 307 g/mol. The van der Waals surface area contributed by atoms with Crippen LogP contribution in [0, 0.1) is 0 Å². The highest BCUT2D eigenvalue weighted by molar-refractivity contribution is 7.90. The number of hydrogen-bond acceptors (Lipinski definition) is 7. The normalized spacial score (nSPS) is 12.0. The Balaban J connectivity index is 2.00. The lowest BCUT2D eigenvalue weighted by Gasteiger charge is -2.01. The van der Waals surface area contributed by atoms with Crippen molar-refractivity contribution in [2.24, 2.45) is 0 Å². The van der Waals surface area contributed by atoms with Crippen LogP contribution in [0.5, 0.6) is 0 Å². The molecule has 2 aromatic heterocycles. The van der Waals surface area contributed by atoms with Crippen LogP contribution in [0.15, 0.2) is 34.2 Å². The van der Waals surface area contributed by atoms with Crippen LogP contribution < -0.4 is 5.73 Å². The molecule has 0 bridgehead atoms. The number of rotatable bonds is 4. The molecular formula is C12H13N5O3S. The Kier molecular flexibility index (Phi) is 3.13. The fourth-order valence-corrected chi connectivity index (χ4v) is 3.09. The minimum atomic E-state index is -3.73. The van der Waals surface area contributed by atoms with Crippen molar-refractivity contribution in [3.05, 3.63) is 30.4 Å². The molecule has 0 fully saturated rings. The van der Waals surface area contributed by atoms with E-state index in [1.807, 2.05) is 6.92 Å². The van der Waals surface area contributed by atoms with Gasteiger partial charge < -0.3 is 10.2 Å². The molecule has 3 aromatic rings. The van der Waals surface area contributed by atoms with Crippen LogP contribution in [0.3, 0.4) is 0 Å². The van der Waals surface area contributed by atoms with Gasteiger partial charge in [0.2, 0.25) is 9.84 Å². The molecule has 0 amide bonds. The number of benzene rings is 1. The second kappa shape index (κ2) is 4.85. The van der Waals surface area contributed by atoms with Crippen LogP contribution in [0.25, 0.3) is 11.1 Å². The van der Waals surface area contributed by atoms with Gasteiger partial charge in [-0.05, 0) is 19.1 Å². The molecular weight excluding hydrogens is 294 g/mol. The lowest BCUT2D eigenvalue weighted by Crippen LogP contribution is -2.11. The van der Waals surface area contributed by atoms with Crippen molar-refractivity contribution >= 4 is 26.6 Å². The summed E-state index contributed by atoms with van der Waals surface area (Å²) in [6.45, 7) is 2.39. The van der Waals surface area contributed by atoms with E-state index in [4.69, 9.17) is 10.2 Å². The predicted octanol–water partition coefficient (Wildman–Crippen LogP) is 0.995. The molecule has 0 aliphatic carbocycles. The molecule has 21 heavy (non-hydrogen) atoms. The first-order valence-corrected chi connectivity index (χ1v) is 7.90. The number of sulfone groups is 1. The Morgan fingerprint density at radius 3 is 2.95 bits per heavy atom. The van der Waals surface area contributed by atoms with E-state index in [0.29, 0.717) is 29.2 Å². The summed E-state index contributed by atoms with van der Waals surface area (Å²) in [5, 5.41) is 3.60. The van der Waals surface area contributed by atoms with Crippen LogP contribution in [-0.4, -0.2) is 28.2 Å². The van der Waals surface area contributed by atoms with Crippen molar-refractivity contribution in [3.8, 4) is 0 Å². The molecule has 0 saturated heterocycles. The van der Waals surface area contributed by atoms with Crippen LogP contribution >= 0.6 is 0 Å². The van der Waals surface area contributed by atoms with Gasteiger partial charge in [0.05, 0.1) is 0 Å². The Morgan fingerprint density at radius 1 is 1.38 bits per heavy atom. The third kappa shape index (κ3) is 2.47. The number of fused-ring (bicyclic) bond motifs is 1. The van der Waals surface area contributed by atoms with Gasteiger partial charge in [-0.1, -0.05) is 0 Å². The van der Waals surface area contributed by atoms with E-state index in [0.717, 1.165) is 0 Å². The van der Waals surface area contributed by atoms with E-state index in [9.17, 15) is 8.42 Å². The number of aromatic nitrogens is 4. The Hall–Kier alpha value is -2.42. The SMILES string of the molecule is CCn1ncnc1CS(=O)(=O)c1nc2ccc(N)cc2o1. The summed E-state index contributed by atoms with van der Waals surface area (Å²) in [5.41, 5.74) is 6.89. The first kappa shape index (κ1) is 13.6. The minimum absolute atomic E-state index is 0.316. The maximum absolute atomic E-state index is 12.4. The summed E-state index contributed by atoms with van der Waals surface area (Å²) in [4.78, 5) is 7.94. The molecule has 0 spiro atoms. The van der Waals surface area contributed by atoms with Gasteiger partial charge in [0, 0.05) is 18.3 Å². The zero-order chi connectivity index (χ0) is 15.0. The van der Waals surface area contributed by atoms with E-state index < -0.39 is 9.84 Å². The summed E-state index contributed by atoms with van der Waals surface area (Å²) in [6, 6.07) is 4.78. The third-order valence-electron chi connectivity index (χ3n) is 2.97. The minimum Gasteiger partial charge on any atom is -0.428 e. The average Bonchev–Trinajstić information content (AvgIpc) is 3.04. The van der Waals surface area contributed by atoms with E-state index in [-0.39, 0.29) is 11.0 Å². The quantitative estimate of drug-likeness (QED) is 0.714. The second-order valence-corrected chi connectivity index (χ2v) is 6.33. The number of oxazole rings is 1. The van der Waals surface area contributed by atoms with Crippen LogP contribution in [0.1, 0.15) is 12.7 Å². The number of aryl methyl sites for hydroxylation is 1. The number of hydrogen-bond donors (Lipinski definition) is 1. The number of nitrogens with two attached hydrogens (primary N) is 1. The fourth-order valence-electron chi connectivity index (χ4n) is 1.95. The van der Waals surface area contributed by atoms with Gasteiger partial charge in [-0.3, -0.25) is 0 Å². The fraction of sp³-hybridized carbons (Fsp3) is 0.250. The van der Waals surface area contributed by atoms with Gasteiger partial charge in [0.15, 0.2) is 5.58 Å². The molecule has 110 valence electrons. The van der Waals surface area contributed by atoms with E-state index in [1.165, 1.54) is 17.1 Å². The molecule has 2 N–H and O–H groups in total. The summed E-state index contributed by atoms with van der Waals surface area (Å²) >= 11 is 0. The molecule has 9 heteroatoms. The van der Waals surface area contributed by atoms with Gasteiger partial charge in [0.25, 0.3) is 0 Å². The van der Waals surface area contributed by atoms with Gasteiger partial charge >= 0.3 is 5.22 Å². The molecule has 1 aromatic carbocycles.